The first-order valence-electron chi connectivity index (χ1n) is 12.9. The van der Waals surface area contributed by atoms with Crippen molar-refractivity contribution in [1.29, 1.82) is 0 Å². The van der Waals surface area contributed by atoms with E-state index in [9.17, 15) is 26.0 Å². The zero-order valence-electron chi connectivity index (χ0n) is 23.3. The van der Waals surface area contributed by atoms with Gasteiger partial charge in [-0.25, -0.2) is 21.2 Å². The third-order valence-electron chi connectivity index (χ3n) is 6.82. The maximum Gasteiger partial charge on any atom is 0.255 e. The lowest BCUT2D eigenvalue weighted by molar-refractivity contribution is 0.0193. The molecule has 0 radical (unpaired) electrons. The Morgan fingerprint density at radius 1 is 1.02 bits per heavy atom. The maximum atomic E-state index is 13.2. The Kier molecular flexibility index (Phi) is 7.77. The molecule has 0 fully saturated rings. The molecule has 222 valence electrons. The number of ether oxygens (including phenoxy) is 2. The number of sulfonamides is 1. The van der Waals surface area contributed by atoms with Crippen LogP contribution in [0.2, 0.25) is 0 Å². The molecule has 3 aromatic carbocycles. The molecule has 0 bridgehead atoms. The third kappa shape index (κ3) is 6.13. The number of hydrogen-bond donors (Lipinski definition) is 1. The predicted molar refractivity (Wildman–Crippen MR) is 157 cm³/mol. The molecular weight excluding hydrogens is 587 g/mol. The number of carbonyl (C=O) groups excluding carboxylic acids is 1. The van der Waals surface area contributed by atoms with Gasteiger partial charge in [0, 0.05) is 35.9 Å². The van der Waals surface area contributed by atoms with Crippen molar-refractivity contribution in [2.24, 2.45) is 0 Å². The van der Waals surface area contributed by atoms with Gasteiger partial charge in [0.15, 0.2) is 0 Å². The van der Waals surface area contributed by atoms with E-state index in [0.717, 1.165) is 16.8 Å². The normalized spacial score (nSPS) is 17.5. The summed E-state index contributed by atoms with van der Waals surface area (Å²) in [4.78, 5) is 13.1. The molecule has 42 heavy (non-hydrogen) atoms. The number of rotatable bonds is 7. The van der Waals surface area contributed by atoms with Crippen molar-refractivity contribution in [2.75, 3.05) is 36.2 Å². The van der Waals surface area contributed by atoms with Crippen LogP contribution in [0.15, 0.2) is 65.1 Å². The number of nitrogens with one attached hydrogen (secondary N) is 1. The number of hydrogen-bond acceptors (Lipinski definition) is 8. The van der Waals surface area contributed by atoms with Crippen LogP contribution in [-0.2, 0) is 24.6 Å². The lowest BCUT2D eigenvalue weighted by Gasteiger charge is -2.24. The Bertz CT molecular complexity index is 1870. The molecule has 10 nitrogen and oxygen atoms in total. The van der Waals surface area contributed by atoms with E-state index < -0.39 is 38.0 Å². The zero-order valence-corrected chi connectivity index (χ0v) is 24.9. The number of amides is 1. The summed E-state index contributed by atoms with van der Waals surface area (Å²) >= 11 is 0. The van der Waals surface area contributed by atoms with Gasteiger partial charge in [0.2, 0.25) is 10.0 Å². The summed E-state index contributed by atoms with van der Waals surface area (Å²) in [6.45, 7) is 1.49. The highest BCUT2D eigenvalue weighted by atomic mass is 32.2. The van der Waals surface area contributed by atoms with Crippen LogP contribution in [0.5, 0.6) is 11.5 Å². The number of benzene rings is 3. The van der Waals surface area contributed by atoms with Gasteiger partial charge in [-0.2, -0.15) is 0 Å². The van der Waals surface area contributed by atoms with Crippen LogP contribution in [0.25, 0.3) is 22.3 Å². The fourth-order valence-electron chi connectivity index (χ4n) is 4.99. The van der Waals surface area contributed by atoms with Crippen LogP contribution in [-0.4, -0.2) is 60.7 Å². The number of anilines is 1. The molecule has 1 aliphatic heterocycles. The second-order valence-electron chi connectivity index (χ2n) is 10.2. The van der Waals surface area contributed by atoms with Gasteiger partial charge >= 0.3 is 0 Å². The van der Waals surface area contributed by atoms with E-state index in [-0.39, 0.29) is 40.7 Å². The van der Waals surface area contributed by atoms with E-state index in [4.69, 9.17) is 13.9 Å². The lowest BCUT2D eigenvalue weighted by Crippen LogP contribution is -2.39. The van der Waals surface area contributed by atoms with Gasteiger partial charge in [0.1, 0.15) is 38.5 Å². The molecule has 13 heteroatoms. The molecule has 1 amide bonds. The summed E-state index contributed by atoms with van der Waals surface area (Å²) in [5.74, 6) is 0.0249. The van der Waals surface area contributed by atoms with E-state index in [2.05, 4.69) is 5.32 Å². The van der Waals surface area contributed by atoms with Crippen molar-refractivity contribution in [2.45, 2.75) is 19.1 Å². The van der Waals surface area contributed by atoms with Crippen molar-refractivity contribution >= 4 is 42.4 Å². The van der Waals surface area contributed by atoms with Gasteiger partial charge in [0.05, 0.1) is 42.0 Å². The second-order valence-corrected chi connectivity index (χ2v) is 14.3. The smallest absolute Gasteiger partial charge is 0.255 e. The highest BCUT2D eigenvalue weighted by Gasteiger charge is 2.35. The number of sulfone groups is 1. The van der Waals surface area contributed by atoms with E-state index in [1.165, 1.54) is 37.4 Å². The Labute approximate surface area is 243 Å². The largest absolute Gasteiger partial charge is 0.457 e. The molecule has 1 aliphatic rings. The lowest BCUT2D eigenvalue weighted by atomic mass is 10.0. The van der Waals surface area contributed by atoms with E-state index in [1.807, 2.05) is 0 Å². The standard InChI is InChI=1S/C29H29FN2O8S2/c1-17-23-13-24-26(14-25(23)32(42(4,36)37)15-22(38-17)16-41(3,34)35)40-28(27(24)29(33)31-2)18-5-9-20(10-6-18)39-21-11-7-19(30)8-12-21/h5-14,17,22H,15-16H2,1-4H3,(H,31,33)/t17-,22?/m0/s1. The van der Waals surface area contributed by atoms with Gasteiger partial charge in [-0.15, -0.1) is 0 Å². The molecule has 0 aliphatic carbocycles. The third-order valence-corrected chi connectivity index (χ3v) is 8.94. The molecule has 1 N–H and O–H groups in total. The van der Waals surface area contributed by atoms with Crippen molar-refractivity contribution in [1.82, 2.24) is 5.32 Å². The molecule has 1 unspecified atom stereocenters. The monoisotopic (exact) mass is 616 g/mol. The zero-order chi connectivity index (χ0) is 30.4. The van der Waals surface area contributed by atoms with Gasteiger partial charge in [0.25, 0.3) is 5.91 Å². The van der Waals surface area contributed by atoms with Crippen molar-refractivity contribution in [3.8, 4) is 22.8 Å². The second kappa shape index (κ2) is 11.0. The van der Waals surface area contributed by atoms with E-state index in [0.29, 0.717) is 28.0 Å². The highest BCUT2D eigenvalue weighted by Crippen LogP contribution is 2.42. The van der Waals surface area contributed by atoms with Gasteiger partial charge in [-0.3, -0.25) is 9.10 Å². The first-order chi connectivity index (χ1) is 19.7. The summed E-state index contributed by atoms with van der Waals surface area (Å²) in [5, 5.41) is 3.06. The van der Waals surface area contributed by atoms with Crippen molar-refractivity contribution < 1.29 is 39.9 Å². The number of furan rings is 1. The fourth-order valence-corrected chi connectivity index (χ4v) is 6.80. The first kappa shape index (κ1) is 29.5. The van der Waals surface area contributed by atoms with Crippen LogP contribution in [0.3, 0.4) is 0 Å². The fraction of sp³-hybridized carbons (Fsp3) is 0.276. The number of fused-ring (bicyclic) bond motifs is 2. The van der Waals surface area contributed by atoms with Gasteiger partial charge < -0.3 is 19.2 Å². The summed E-state index contributed by atoms with van der Waals surface area (Å²) in [7, 11) is -5.83. The van der Waals surface area contributed by atoms with Crippen LogP contribution >= 0.6 is 0 Å². The average molecular weight is 617 g/mol. The summed E-state index contributed by atoms with van der Waals surface area (Å²) in [6.07, 6.45) is 0.498. The van der Waals surface area contributed by atoms with Gasteiger partial charge in [-0.1, -0.05) is 0 Å². The van der Waals surface area contributed by atoms with Crippen LogP contribution in [0.4, 0.5) is 10.1 Å². The first-order valence-corrected chi connectivity index (χ1v) is 16.8. The summed E-state index contributed by atoms with van der Waals surface area (Å²) in [6, 6.07) is 15.5. The molecule has 4 aromatic rings. The van der Waals surface area contributed by atoms with Crippen molar-refractivity contribution in [3.05, 3.63) is 77.6 Å². The SMILES string of the molecule is CNC(=O)c1c(-c2ccc(Oc3ccc(F)cc3)cc2)oc2cc3c(cc12)[C@H](C)OC(CS(C)(=O)=O)CN3S(C)(=O)=O. The predicted octanol–water partition coefficient (Wildman–Crippen LogP) is 4.66. The number of carbonyl (C=O) groups is 1. The van der Waals surface area contributed by atoms with Crippen LogP contribution in [0.1, 0.15) is 28.9 Å². The minimum atomic E-state index is -3.85. The molecule has 2 atom stereocenters. The summed E-state index contributed by atoms with van der Waals surface area (Å²) < 4.78 is 82.1. The number of halogens is 1. The molecule has 5 rings (SSSR count). The maximum absolute atomic E-state index is 13.2. The Morgan fingerprint density at radius 2 is 1.64 bits per heavy atom. The van der Waals surface area contributed by atoms with Crippen molar-refractivity contribution in [3.63, 3.8) is 0 Å². The molecule has 0 saturated heterocycles. The molecule has 2 heterocycles. The highest BCUT2D eigenvalue weighted by molar-refractivity contribution is 7.92. The minimum absolute atomic E-state index is 0.208. The Hall–Kier alpha value is -3.94. The molecular formula is C29H29FN2O8S2. The Balaban J connectivity index is 1.60. The summed E-state index contributed by atoms with van der Waals surface area (Å²) in [5.41, 5.74) is 1.79. The minimum Gasteiger partial charge on any atom is -0.457 e. The van der Waals surface area contributed by atoms with Gasteiger partial charge in [-0.05, 0) is 61.5 Å². The van der Waals surface area contributed by atoms with Crippen LogP contribution in [0, 0.1) is 5.82 Å². The topological polar surface area (TPSA) is 132 Å². The quantitative estimate of drug-likeness (QED) is 0.317. The molecule has 0 saturated carbocycles. The molecule has 0 spiro atoms. The van der Waals surface area contributed by atoms with E-state index in [1.54, 1.807) is 37.3 Å². The molecule has 1 aromatic heterocycles. The van der Waals surface area contributed by atoms with Crippen LogP contribution < -0.4 is 14.4 Å². The van der Waals surface area contributed by atoms with E-state index >= 15 is 0 Å². The number of nitrogens with zero attached hydrogens (tertiary/aromatic N) is 1. The average Bonchev–Trinajstić information content (AvgIpc) is 3.22. The Morgan fingerprint density at radius 3 is 2.21 bits per heavy atom.